The maximum atomic E-state index is 6.91. The normalized spacial score (nSPS) is 15.8. The fourth-order valence-electron chi connectivity index (χ4n) is 2.83. The molecule has 0 amide bonds. The van der Waals surface area contributed by atoms with E-state index in [9.17, 15) is 0 Å². The molecule has 3 atom stereocenters. The Morgan fingerprint density at radius 3 is 2.30 bits per heavy atom. The molecule has 0 aliphatic rings. The number of benzene rings is 1. The van der Waals surface area contributed by atoms with Gasteiger partial charge in [-0.2, -0.15) is 0 Å². The zero-order chi connectivity index (χ0) is 14.7. The standard InChI is InChI=1S/C18H23ClS/c1-5-12(2)17(15-9-7-6-8-10-15)18(19)16-11-13(3)20-14(16)4/h6-12,17-18H,5H2,1-4H3. The van der Waals surface area contributed by atoms with Gasteiger partial charge in [-0.05, 0) is 37.0 Å². The lowest BCUT2D eigenvalue weighted by Crippen LogP contribution is -2.15. The van der Waals surface area contributed by atoms with E-state index in [1.807, 2.05) is 11.3 Å². The molecule has 2 rings (SSSR count). The molecule has 0 aliphatic heterocycles. The molecule has 0 spiro atoms. The van der Waals surface area contributed by atoms with Crippen LogP contribution in [-0.4, -0.2) is 0 Å². The molecule has 0 bridgehead atoms. The number of aryl methyl sites for hydroxylation is 2. The predicted octanol–water partition coefficient (Wildman–Crippen LogP) is 6.47. The summed E-state index contributed by atoms with van der Waals surface area (Å²) in [6, 6.07) is 13.0. The van der Waals surface area contributed by atoms with Gasteiger partial charge in [0, 0.05) is 15.7 Å². The van der Waals surface area contributed by atoms with Crippen LogP contribution in [0.15, 0.2) is 36.4 Å². The largest absolute Gasteiger partial charge is 0.146 e. The average molecular weight is 307 g/mol. The first kappa shape index (κ1) is 15.6. The van der Waals surface area contributed by atoms with E-state index < -0.39 is 0 Å². The maximum Gasteiger partial charge on any atom is 0.0667 e. The first-order valence-corrected chi connectivity index (χ1v) is 8.55. The van der Waals surface area contributed by atoms with Gasteiger partial charge in [0.25, 0.3) is 0 Å². The van der Waals surface area contributed by atoms with Gasteiger partial charge in [0.05, 0.1) is 5.38 Å². The van der Waals surface area contributed by atoms with E-state index in [-0.39, 0.29) is 5.38 Å². The van der Waals surface area contributed by atoms with E-state index in [1.54, 1.807) is 0 Å². The number of alkyl halides is 1. The predicted molar refractivity (Wildman–Crippen MR) is 91.0 cm³/mol. The van der Waals surface area contributed by atoms with Crippen LogP contribution in [0.5, 0.6) is 0 Å². The number of halogens is 1. The van der Waals surface area contributed by atoms with Gasteiger partial charge in [-0.1, -0.05) is 50.6 Å². The highest BCUT2D eigenvalue weighted by atomic mass is 35.5. The van der Waals surface area contributed by atoms with Gasteiger partial charge in [-0.15, -0.1) is 22.9 Å². The summed E-state index contributed by atoms with van der Waals surface area (Å²) in [7, 11) is 0. The lowest BCUT2D eigenvalue weighted by atomic mass is 9.81. The smallest absolute Gasteiger partial charge is 0.0667 e. The Morgan fingerprint density at radius 1 is 1.15 bits per heavy atom. The van der Waals surface area contributed by atoms with Crippen molar-refractivity contribution in [2.24, 2.45) is 5.92 Å². The summed E-state index contributed by atoms with van der Waals surface area (Å²) in [6.07, 6.45) is 1.14. The van der Waals surface area contributed by atoms with E-state index in [2.05, 4.69) is 64.1 Å². The summed E-state index contributed by atoms with van der Waals surface area (Å²) in [5.41, 5.74) is 2.66. The average Bonchev–Trinajstić information content (AvgIpc) is 2.79. The number of rotatable bonds is 5. The van der Waals surface area contributed by atoms with Gasteiger partial charge in [0.2, 0.25) is 0 Å². The van der Waals surface area contributed by atoms with Crippen LogP contribution in [0.25, 0.3) is 0 Å². The van der Waals surface area contributed by atoms with E-state index in [0.717, 1.165) is 6.42 Å². The molecule has 0 saturated heterocycles. The van der Waals surface area contributed by atoms with Crippen molar-refractivity contribution in [1.82, 2.24) is 0 Å². The SMILES string of the molecule is CCC(C)C(c1ccccc1)C(Cl)c1cc(C)sc1C. The van der Waals surface area contributed by atoms with Crippen LogP contribution in [0, 0.1) is 19.8 Å². The molecule has 3 unspecified atom stereocenters. The Hall–Kier alpha value is -0.790. The van der Waals surface area contributed by atoms with Crippen molar-refractivity contribution in [3.05, 3.63) is 57.3 Å². The van der Waals surface area contributed by atoms with Crippen molar-refractivity contribution in [2.45, 2.75) is 45.4 Å². The van der Waals surface area contributed by atoms with Gasteiger partial charge < -0.3 is 0 Å². The highest BCUT2D eigenvalue weighted by Gasteiger charge is 2.28. The van der Waals surface area contributed by atoms with E-state index in [1.165, 1.54) is 20.9 Å². The molecule has 0 radical (unpaired) electrons. The molecule has 0 aliphatic carbocycles. The van der Waals surface area contributed by atoms with Crippen LogP contribution in [-0.2, 0) is 0 Å². The molecule has 0 saturated carbocycles. The highest BCUT2D eigenvalue weighted by Crippen LogP contribution is 2.45. The number of hydrogen-bond acceptors (Lipinski definition) is 1. The first-order valence-electron chi connectivity index (χ1n) is 7.30. The number of hydrogen-bond donors (Lipinski definition) is 0. The number of thiophene rings is 1. The zero-order valence-corrected chi connectivity index (χ0v) is 14.3. The van der Waals surface area contributed by atoms with Crippen molar-refractivity contribution >= 4 is 22.9 Å². The second-order valence-corrected chi connectivity index (χ2v) is 7.52. The second kappa shape index (κ2) is 6.78. The van der Waals surface area contributed by atoms with Crippen LogP contribution >= 0.6 is 22.9 Å². The van der Waals surface area contributed by atoms with Gasteiger partial charge in [-0.25, -0.2) is 0 Å². The van der Waals surface area contributed by atoms with Gasteiger partial charge in [-0.3, -0.25) is 0 Å². The van der Waals surface area contributed by atoms with Crippen LogP contribution < -0.4 is 0 Å². The molecular formula is C18H23ClS. The Morgan fingerprint density at radius 2 is 1.80 bits per heavy atom. The summed E-state index contributed by atoms with van der Waals surface area (Å²) < 4.78 is 0. The molecule has 20 heavy (non-hydrogen) atoms. The van der Waals surface area contributed by atoms with Crippen molar-refractivity contribution < 1.29 is 0 Å². The molecule has 1 aromatic carbocycles. The lowest BCUT2D eigenvalue weighted by Gasteiger charge is -2.28. The molecule has 0 nitrogen and oxygen atoms in total. The Labute approximate surface area is 131 Å². The molecule has 0 N–H and O–H groups in total. The highest BCUT2D eigenvalue weighted by molar-refractivity contribution is 7.12. The molecule has 1 heterocycles. The van der Waals surface area contributed by atoms with Crippen molar-refractivity contribution in [2.75, 3.05) is 0 Å². The van der Waals surface area contributed by atoms with Gasteiger partial charge in [0.15, 0.2) is 0 Å². The quantitative estimate of drug-likeness (QED) is 0.555. The van der Waals surface area contributed by atoms with Crippen molar-refractivity contribution in [3.8, 4) is 0 Å². The van der Waals surface area contributed by atoms with E-state index in [4.69, 9.17) is 11.6 Å². The Balaban J connectivity index is 2.39. The monoisotopic (exact) mass is 306 g/mol. The molecule has 1 aromatic heterocycles. The summed E-state index contributed by atoms with van der Waals surface area (Å²) in [6.45, 7) is 8.89. The Bertz CT molecular complexity index is 544. The first-order chi connectivity index (χ1) is 9.54. The summed E-state index contributed by atoms with van der Waals surface area (Å²) >= 11 is 8.75. The molecule has 108 valence electrons. The van der Waals surface area contributed by atoms with E-state index in [0.29, 0.717) is 11.8 Å². The van der Waals surface area contributed by atoms with Gasteiger partial charge >= 0.3 is 0 Å². The van der Waals surface area contributed by atoms with Crippen molar-refractivity contribution in [3.63, 3.8) is 0 Å². The zero-order valence-electron chi connectivity index (χ0n) is 12.7. The third-order valence-corrected chi connectivity index (χ3v) is 5.62. The summed E-state index contributed by atoms with van der Waals surface area (Å²) in [5.74, 6) is 0.940. The molecular weight excluding hydrogens is 284 g/mol. The molecule has 2 heteroatoms. The van der Waals surface area contributed by atoms with E-state index >= 15 is 0 Å². The minimum absolute atomic E-state index is 0.0531. The van der Waals surface area contributed by atoms with Crippen LogP contribution in [0.4, 0.5) is 0 Å². The minimum atomic E-state index is 0.0531. The van der Waals surface area contributed by atoms with Gasteiger partial charge in [0.1, 0.15) is 0 Å². The topological polar surface area (TPSA) is 0 Å². The van der Waals surface area contributed by atoms with Crippen LogP contribution in [0.2, 0.25) is 0 Å². The summed E-state index contributed by atoms with van der Waals surface area (Å²) in [5, 5.41) is 0.0531. The fourth-order valence-corrected chi connectivity index (χ4v) is 4.49. The van der Waals surface area contributed by atoms with Crippen LogP contribution in [0.3, 0.4) is 0 Å². The van der Waals surface area contributed by atoms with Crippen LogP contribution in [0.1, 0.15) is 52.4 Å². The molecule has 2 aromatic rings. The third-order valence-electron chi connectivity index (χ3n) is 4.13. The van der Waals surface area contributed by atoms with Crippen molar-refractivity contribution in [1.29, 1.82) is 0 Å². The summed E-state index contributed by atoms with van der Waals surface area (Å²) in [4.78, 5) is 2.70. The second-order valence-electron chi connectivity index (χ2n) is 5.59. The third kappa shape index (κ3) is 3.27. The fraction of sp³-hybridized carbons (Fsp3) is 0.444. The molecule has 0 fully saturated rings. The minimum Gasteiger partial charge on any atom is -0.146 e. The maximum absolute atomic E-state index is 6.91. The lowest BCUT2D eigenvalue weighted by molar-refractivity contribution is 0.433. The Kier molecular flexibility index (Phi) is 5.29.